The van der Waals surface area contributed by atoms with Crippen molar-refractivity contribution in [1.29, 1.82) is 0 Å². The van der Waals surface area contributed by atoms with Crippen LogP contribution in [-0.4, -0.2) is 52.6 Å². The van der Waals surface area contributed by atoms with Crippen molar-refractivity contribution >= 4 is 34.3 Å². The number of nitrogens with one attached hydrogen (secondary N) is 2. The lowest BCUT2D eigenvalue weighted by Crippen LogP contribution is -2.33. The van der Waals surface area contributed by atoms with Crippen molar-refractivity contribution < 1.29 is 23.5 Å². The second-order valence-electron chi connectivity index (χ2n) is 6.39. The van der Waals surface area contributed by atoms with Crippen LogP contribution >= 0.6 is 11.3 Å². The van der Waals surface area contributed by atoms with E-state index in [-0.39, 0.29) is 31.1 Å². The van der Waals surface area contributed by atoms with Gasteiger partial charge in [-0.25, -0.2) is 9.18 Å². The molecule has 9 nitrogen and oxygen atoms in total. The first-order valence-electron chi connectivity index (χ1n) is 8.93. The van der Waals surface area contributed by atoms with E-state index in [1.807, 2.05) is 0 Å². The summed E-state index contributed by atoms with van der Waals surface area (Å²) in [5.74, 6) is -1.09. The highest BCUT2D eigenvalue weighted by molar-refractivity contribution is 7.15. The van der Waals surface area contributed by atoms with E-state index < -0.39 is 18.0 Å². The van der Waals surface area contributed by atoms with Crippen LogP contribution in [0.3, 0.4) is 0 Å². The normalized spacial score (nSPS) is 16.2. The lowest BCUT2D eigenvalue weighted by molar-refractivity contribution is -0.127. The summed E-state index contributed by atoms with van der Waals surface area (Å²) in [6.45, 7) is 0.450. The number of anilines is 1. The van der Waals surface area contributed by atoms with Gasteiger partial charge in [0.2, 0.25) is 11.0 Å². The van der Waals surface area contributed by atoms with Gasteiger partial charge in [-0.05, 0) is 30.5 Å². The van der Waals surface area contributed by atoms with Crippen molar-refractivity contribution in [2.24, 2.45) is 0 Å². The van der Waals surface area contributed by atoms with E-state index in [1.54, 1.807) is 12.1 Å². The summed E-state index contributed by atoms with van der Waals surface area (Å²) in [5, 5.41) is 13.9. The molecule has 1 atom stereocenters. The Morgan fingerprint density at radius 2 is 2.21 bits per heavy atom. The summed E-state index contributed by atoms with van der Waals surface area (Å²) in [7, 11) is 1.54. The number of imide groups is 1. The quantitative estimate of drug-likeness (QED) is 0.596. The highest BCUT2D eigenvalue weighted by Gasteiger charge is 2.37. The van der Waals surface area contributed by atoms with Crippen molar-refractivity contribution in [1.82, 2.24) is 20.4 Å². The number of aromatic nitrogens is 2. The number of methoxy groups -OCH3 is 1. The monoisotopic (exact) mass is 421 g/mol. The molecule has 0 saturated carbocycles. The zero-order valence-corrected chi connectivity index (χ0v) is 16.5. The van der Waals surface area contributed by atoms with Gasteiger partial charge >= 0.3 is 6.03 Å². The Balaban J connectivity index is 1.46. The highest BCUT2D eigenvalue weighted by atomic mass is 32.1. The van der Waals surface area contributed by atoms with E-state index in [1.165, 1.54) is 30.6 Å². The second kappa shape index (κ2) is 9.52. The maximum Gasteiger partial charge on any atom is 0.324 e. The van der Waals surface area contributed by atoms with Crippen LogP contribution in [-0.2, 0) is 27.4 Å². The van der Waals surface area contributed by atoms with Crippen molar-refractivity contribution in [3.8, 4) is 0 Å². The van der Waals surface area contributed by atoms with Crippen LogP contribution in [0.4, 0.5) is 14.3 Å². The molecule has 29 heavy (non-hydrogen) atoms. The van der Waals surface area contributed by atoms with E-state index in [2.05, 4.69) is 20.8 Å². The number of ether oxygens (including phenoxy) is 1. The molecule has 0 radical (unpaired) electrons. The molecule has 0 aliphatic carbocycles. The van der Waals surface area contributed by atoms with E-state index in [4.69, 9.17) is 4.74 Å². The molecule has 2 aromatic rings. The number of hydrogen-bond acceptors (Lipinski definition) is 7. The van der Waals surface area contributed by atoms with Crippen molar-refractivity contribution in [3.05, 3.63) is 40.7 Å². The predicted molar refractivity (Wildman–Crippen MR) is 103 cm³/mol. The third-order valence-electron chi connectivity index (χ3n) is 4.26. The minimum Gasteiger partial charge on any atom is -0.377 e. The molecule has 11 heteroatoms. The molecular formula is C18H20FN5O4S. The molecular weight excluding hydrogens is 401 g/mol. The van der Waals surface area contributed by atoms with Crippen LogP contribution in [0.2, 0.25) is 0 Å². The van der Waals surface area contributed by atoms with Gasteiger partial charge in [0.25, 0.3) is 5.91 Å². The number of hydrogen-bond donors (Lipinski definition) is 2. The van der Waals surface area contributed by atoms with Crippen LogP contribution < -0.4 is 10.6 Å². The van der Waals surface area contributed by atoms with Gasteiger partial charge in [0.15, 0.2) is 0 Å². The number of benzene rings is 1. The van der Waals surface area contributed by atoms with Gasteiger partial charge in [-0.15, -0.1) is 10.2 Å². The fourth-order valence-corrected chi connectivity index (χ4v) is 3.59. The van der Waals surface area contributed by atoms with Crippen molar-refractivity contribution in [2.75, 3.05) is 19.0 Å². The fourth-order valence-electron chi connectivity index (χ4n) is 2.86. The van der Waals surface area contributed by atoms with E-state index in [0.717, 1.165) is 4.90 Å². The molecule has 2 N–H and O–H groups in total. The van der Waals surface area contributed by atoms with E-state index >= 15 is 0 Å². The Hall–Kier alpha value is -2.92. The zero-order valence-electron chi connectivity index (χ0n) is 15.7. The standard InChI is InChI=1S/C18H20FN5O4S/c1-28-10-15-22-23-17(29-15)21-14(25)6-5-13-16(26)24(18(27)20-13)8-7-11-3-2-4-12(19)9-11/h2-4,9,13H,5-8,10H2,1H3,(H,20,27)(H,21,23,25). The largest absolute Gasteiger partial charge is 0.377 e. The Kier molecular flexibility index (Phi) is 6.83. The molecule has 1 saturated heterocycles. The van der Waals surface area contributed by atoms with Crippen LogP contribution in [0.1, 0.15) is 23.4 Å². The van der Waals surface area contributed by atoms with Crippen molar-refractivity contribution in [2.45, 2.75) is 31.9 Å². The maximum absolute atomic E-state index is 13.2. The molecule has 1 aromatic heterocycles. The Morgan fingerprint density at radius 1 is 1.38 bits per heavy atom. The zero-order chi connectivity index (χ0) is 20.8. The summed E-state index contributed by atoms with van der Waals surface area (Å²) >= 11 is 1.20. The lowest BCUT2D eigenvalue weighted by Gasteiger charge is -2.13. The smallest absolute Gasteiger partial charge is 0.324 e. The number of urea groups is 1. The summed E-state index contributed by atoms with van der Waals surface area (Å²) in [6, 6.07) is 4.73. The van der Waals surface area contributed by atoms with Crippen LogP contribution in [0.5, 0.6) is 0 Å². The molecule has 1 aliphatic heterocycles. The summed E-state index contributed by atoms with van der Waals surface area (Å²) < 4.78 is 18.2. The average Bonchev–Trinajstić information content (AvgIpc) is 3.23. The second-order valence-corrected chi connectivity index (χ2v) is 7.45. The third kappa shape index (κ3) is 5.55. The van der Waals surface area contributed by atoms with E-state index in [9.17, 15) is 18.8 Å². The number of rotatable bonds is 9. The average molecular weight is 421 g/mol. The Labute approximate surface area is 170 Å². The summed E-state index contributed by atoms with van der Waals surface area (Å²) in [5.41, 5.74) is 0.693. The highest BCUT2D eigenvalue weighted by Crippen LogP contribution is 2.17. The first kappa shape index (κ1) is 20.8. The van der Waals surface area contributed by atoms with Crippen LogP contribution in [0.15, 0.2) is 24.3 Å². The number of halogens is 1. The molecule has 1 fully saturated rings. The summed E-state index contributed by atoms with van der Waals surface area (Å²) in [6.07, 6.45) is 0.551. The SMILES string of the molecule is COCc1nnc(NC(=O)CCC2NC(=O)N(CCc3cccc(F)c3)C2=O)s1. The number of nitrogens with zero attached hydrogens (tertiary/aromatic N) is 3. The first-order valence-corrected chi connectivity index (χ1v) is 9.75. The molecule has 4 amide bonds. The topological polar surface area (TPSA) is 114 Å². The molecule has 1 aliphatic rings. The molecule has 2 heterocycles. The van der Waals surface area contributed by atoms with Crippen molar-refractivity contribution in [3.63, 3.8) is 0 Å². The van der Waals surface area contributed by atoms with Gasteiger partial charge in [0.1, 0.15) is 23.5 Å². The fraction of sp³-hybridized carbons (Fsp3) is 0.389. The summed E-state index contributed by atoms with van der Waals surface area (Å²) in [4.78, 5) is 37.7. The Morgan fingerprint density at radius 3 is 2.97 bits per heavy atom. The first-order chi connectivity index (χ1) is 14.0. The van der Waals surface area contributed by atoms with Gasteiger partial charge in [0.05, 0.1) is 0 Å². The van der Waals surface area contributed by atoms with Gasteiger partial charge < -0.3 is 15.4 Å². The molecule has 1 unspecified atom stereocenters. The van der Waals surface area contributed by atoms with Crippen LogP contribution in [0, 0.1) is 5.82 Å². The Bertz CT molecular complexity index is 906. The number of carbonyl (C=O) groups is 3. The number of carbonyl (C=O) groups excluding carboxylic acids is 3. The molecule has 1 aromatic carbocycles. The molecule has 3 rings (SSSR count). The van der Waals surface area contributed by atoms with Gasteiger partial charge in [-0.1, -0.05) is 23.5 Å². The van der Waals surface area contributed by atoms with Gasteiger partial charge in [-0.2, -0.15) is 0 Å². The molecule has 0 bridgehead atoms. The maximum atomic E-state index is 13.2. The number of amides is 4. The van der Waals surface area contributed by atoms with E-state index in [0.29, 0.717) is 28.7 Å². The predicted octanol–water partition coefficient (Wildman–Crippen LogP) is 1.71. The third-order valence-corrected chi connectivity index (χ3v) is 5.07. The van der Waals surface area contributed by atoms with Gasteiger partial charge in [-0.3, -0.25) is 14.5 Å². The minimum atomic E-state index is -0.765. The molecule has 154 valence electrons. The minimum absolute atomic E-state index is 0.0353. The molecule has 0 spiro atoms. The van der Waals surface area contributed by atoms with Gasteiger partial charge in [0, 0.05) is 20.1 Å². The van der Waals surface area contributed by atoms with Crippen LogP contribution in [0.25, 0.3) is 0 Å². The lowest BCUT2D eigenvalue weighted by atomic mass is 10.1.